The lowest BCUT2D eigenvalue weighted by molar-refractivity contribution is -0.115. The van der Waals surface area contributed by atoms with Crippen LogP contribution in [0.15, 0.2) is 35.0 Å². The number of ether oxygens (including phenoxy) is 2. The van der Waals surface area contributed by atoms with Gasteiger partial charge in [0, 0.05) is 16.5 Å². The van der Waals surface area contributed by atoms with Crippen LogP contribution in [0.4, 0.5) is 13.9 Å². The zero-order chi connectivity index (χ0) is 20.8. The first-order valence-electron chi connectivity index (χ1n) is 8.03. The molecule has 0 unspecified atom stereocenters. The number of halogens is 2. The number of hydrogen-bond acceptors (Lipinski definition) is 8. The van der Waals surface area contributed by atoms with Gasteiger partial charge in [-0.1, -0.05) is 11.3 Å². The average Bonchev–Trinajstić information content (AvgIpc) is 3.37. The molecule has 0 bridgehead atoms. The van der Waals surface area contributed by atoms with Gasteiger partial charge >= 0.3 is 6.61 Å². The summed E-state index contributed by atoms with van der Waals surface area (Å²) in [5, 5.41) is 17.7. The van der Waals surface area contributed by atoms with Gasteiger partial charge in [-0.3, -0.25) is 14.9 Å². The number of alkyl halides is 2. The minimum atomic E-state index is -3.02. The summed E-state index contributed by atoms with van der Waals surface area (Å²) in [7, 11) is 1.26. The van der Waals surface area contributed by atoms with Crippen LogP contribution in [0.25, 0.3) is 10.6 Å². The molecule has 152 valence electrons. The first-order valence-corrected chi connectivity index (χ1v) is 9.79. The molecule has 0 saturated carbocycles. The number of aromatic nitrogens is 2. The predicted molar refractivity (Wildman–Crippen MR) is 104 cm³/mol. The summed E-state index contributed by atoms with van der Waals surface area (Å²) in [5.74, 6) is -1.30. The fraction of sp³-hybridized carbons (Fsp3) is 0.176. The summed E-state index contributed by atoms with van der Waals surface area (Å²) >= 11 is 2.73. The van der Waals surface area contributed by atoms with Gasteiger partial charge in [0.15, 0.2) is 11.5 Å². The van der Waals surface area contributed by atoms with Crippen molar-refractivity contribution in [3.05, 3.63) is 40.6 Å². The lowest BCUT2D eigenvalue weighted by atomic mass is 10.2. The third kappa shape index (κ3) is 5.45. The molecule has 2 aromatic heterocycles. The molecule has 0 fully saturated rings. The second kappa shape index (κ2) is 9.39. The SMILES string of the molecule is COc1cc(C(=O)NCC(=O)Nc2nnc(-c3ccsc3)s2)ccc1OC(F)F. The molecule has 0 saturated heterocycles. The molecule has 0 aliphatic rings. The Kier molecular flexibility index (Phi) is 6.67. The van der Waals surface area contributed by atoms with Crippen LogP contribution in [-0.2, 0) is 4.79 Å². The van der Waals surface area contributed by atoms with Gasteiger partial charge in [0.2, 0.25) is 11.0 Å². The Hall–Kier alpha value is -3.12. The third-order valence-electron chi connectivity index (χ3n) is 3.49. The molecule has 3 aromatic rings. The van der Waals surface area contributed by atoms with Crippen molar-refractivity contribution < 1.29 is 27.8 Å². The first kappa shape index (κ1) is 20.6. The van der Waals surface area contributed by atoms with Gasteiger partial charge in [-0.05, 0) is 29.6 Å². The van der Waals surface area contributed by atoms with Crippen molar-refractivity contribution in [1.82, 2.24) is 15.5 Å². The summed E-state index contributed by atoms with van der Waals surface area (Å²) in [5.41, 5.74) is 1.03. The van der Waals surface area contributed by atoms with Crippen molar-refractivity contribution in [2.75, 3.05) is 19.0 Å². The Morgan fingerprint density at radius 3 is 2.72 bits per heavy atom. The Morgan fingerprint density at radius 1 is 1.21 bits per heavy atom. The molecular formula is C17H14F2N4O4S2. The van der Waals surface area contributed by atoms with E-state index >= 15 is 0 Å². The average molecular weight is 440 g/mol. The van der Waals surface area contributed by atoms with Gasteiger partial charge < -0.3 is 14.8 Å². The van der Waals surface area contributed by atoms with E-state index < -0.39 is 18.4 Å². The van der Waals surface area contributed by atoms with Crippen LogP contribution in [0.1, 0.15) is 10.4 Å². The van der Waals surface area contributed by atoms with Crippen LogP contribution in [0.2, 0.25) is 0 Å². The normalized spacial score (nSPS) is 10.6. The van der Waals surface area contributed by atoms with Gasteiger partial charge in [-0.2, -0.15) is 20.1 Å². The Labute approximate surface area is 171 Å². The molecule has 0 atom stereocenters. The standard InChI is InChI=1S/C17H14F2N4O4S2/c1-26-12-6-9(2-3-11(12)27-16(18)19)14(25)20-7-13(24)21-17-23-22-15(29-17)10-4-5-28-8-10/h2-6,8,16H,7H2,1H3,(H,20,25)(H,21,23,24). The first-order chi connectivity index (χ1) is 14.0. The second-order valence-corrected chi connectivity index (χ2v) is 7.16. The van der Waals surface area contributed by atoms with Crippen LogP contribution in [0.5, 0.6) is 11.5 Å². The van der Waals surface area contributed by atoms with E-state index in [1.54, 1.807) is 0 Å². The lowest BCUT2D eigenvalue weighted by Crippen LogP contribution is -2.32. The van der Waals surface area contributed by atoms with Crippen LogP contribution < -0.4 is 20.1 Å². The van der Waals surface area contributed by atoms with E-state index in [0.29, 0.717) is 10.1 Å². The van der Waals surface area contributed by atoms with Crippen molar-refractivity contribution in [1.29, 1.82) is 0 Å². The van der Waals surface area contributed by atoms with Crippen LogP contribution in [0, 0.1) is 0 Å². The summed E-state index contributed by atoms with van der Waals surface area (Å²) in [6.45, 7) is -3.34. The summed E-state index contributed by atoms with van der Waals surface area (Å²) in [6, 6.07) is 5.60. The highest BCUT2D eigenvalue weighted by atomic mass is 32.1. The topological polar surface area (TPSA) is 102 Å². The number of hydrogen-bond donors (Lipinski definition) is 2. The Morgan fingerprint density at radius 2 is 2.03 bits per heavy atom. The van der Waals surface area contributed by atoms with Gasteiger partial charge in [-0.15, -0.1) is 10.2 Å². The maximum absolute atomic E-state index is 12.4. The highest BCUT2D eigenvalue weighted by Gasteiger charge is 2.15. The van der Waals surface area contributed by atoms with E-state index in [-0.39, 0.29) is 23.6 Å². The number of nitrogens with one attached hydrogen (secondary N) is 2. The molecule has 0 radical (unpaired) electrons. The van der Waals surface area contributed by atoms with Crippen molar-refractivity contribution in [2.45, 2.75) is 6.61 Å². The maximum atomic E-state index is 12.4. The second-order valence-electron chi connectivity index (χ2n) is 5.40. The van der Waals surface area contributed by atoms with E-state index in [0.717, 1.165) is 5.56 Å². The van der Waals surface area contributed by atoms with Crippen LogP contribution >= 0.6 is 22.7 Å². The number of carbonyl (C=O) groups is 2. The fourth-order valence-corrected chi connectivity index (χ4v) is 3.68. The summed E-state index contributed by atoms with van der Waals surface area (Å²) in [4.78, 5) is 24.2. The fourth-order valence-electron chi connectivity index (χ4n) is 2.20. The number of methoxy groups -OCH3 is 1. The van der Waals surface area contributed by atoms with Crippen molar-refractivity contribution in [3.8, 4) is 22.1 Å². The summed E-state index contributed by atoms with van der Waals surface area (Å²) in [6.07, 6.45) is 0. The molecule has 3 rings (SSSR count). The minimum Gasteiger partial charge on any atom is -0.493 e. The minimum absolute atomic E-state index is 0.0304. The monoisotopic (exact) mass is 440 g/mol. The van der Waals surface area contributed by atoms with Crippen molar-refractivity contribution >= 4 is 39.6 Å². The largest absolute Gasteiger partial charge is 0.493 e. The highest BCUT2D eigenvalue weighted by Crippen LogP contribution is 2.29. The molecule has 2 amide bonds. The van der Waals surface area contributed by atoms with E-state index in [2.05, 4.69) is 25.6 Å². The summed E-state index contributed by atoms with van der Waals surface area (Å²) < 4.78 is 34.0. The lowest BCUT2D eigenvalue weighted by Gasteiger charge is -2.11. The van der Waals surface area contributed by atoms with Gasteiger partial charge in [0.05, 0.1) is 13.7 Å². The Balaban J connectivity index is 1.55. The quantitative estimate of drug-likeness (QED) is 0.558. The van der Waals surface area contributed by atoms with Gasteiger partial charge in [-0.25, -0.2) is 0 Å². The Bertz CT molecular complexity index is 995. The number of amides is 2. The van der Waals surface area contributed by atoms with Gasteiger partial charge in [0.1, 0.15) is 5.01 Å². The van der Waals surface area contributed by atoms with E-state index in [1.165, 1.54) is 48.0 Å². The van der Waals surface area contributed by atoms with E-state index in [1.807, 2.05) is 16.8 Å². The molecule has 0 aliphatic carbocycles. The van der Waals surface area contributed by atoms with Crippen LogP contribution in [0.3, 0.4) is 0 Å². The zero-order valence-corrected chi connectivity index (χ0v) is 16.5. The maximum Gasteiger partial charge on any atom is 0.387 e. The van der Waals surface area contributed by atoms with E-state index in [4.69, 9.17) is 4.74 Å². The number of anilines is 1. The molecule has 29 heavy (non-hydrogen) atoms. The number of benzene rings is 1. The highest BCUT2D eigenvalue weighted by molar-refractivity contribution is 7.19. The number of carbonyl (C=O) groups excluding carboxylic acids is 2. The van der Waals surface area contributed by atoms with Gasteiger partial charge in [0.25, 0.3) is 5.91 Å². The molecule has 0 spiro atoms. The van der Waals surface area contributed by atoms with Crippen molar-refractivity contribution in [2.24, 2.45) is 0 Å². The molecular weight excluding hydrogens is 426 g/mol. The van der Waals surface area contributed by atoms with Crippen LogP contribution in [-0.4, -0.2) is 42.3 Å². The van der Waals surface area contributed by atoms with Crippen molar-refractivity contribution in [3.63, 3.8) is 0 Å². The number of nitrogens with zero attached hydrogens (tertiary/aromatic N) is 2. The number of rotatable bonds is 8. The number of thiophene rings is 1. The third-order valence-corrected chi connectivity index (χ3v) is 5.06. The molecule has 1 aromatic carbocycles. The predicted octanol–water partition coefficient (Wildman–Crippen LogP) is 3.25. The molecule has 0 aliphatic heterocycles. The van der Waals surface area contributed by atoms with E-state index in [9.17, 15) is 18.4 Å². The molecule has 2 N–H and O–H groups in total. The molecule has 12 heteroatoms. The molecule has 2 heterocycles. The zero-order valence-electron chi connectivity index (χ0n) is 14.8. The molecule has 8 nitrogen and oxygen atoms in total. The smallest absolute Gasteiger partial charge is 0.387 e.